The van der Waals surface area contributed by atoms with Gasteiger partial charge in [0.2, 0.25) is 5.91 Å². The summed E-state index contributed by atoms with van der Waals surface area (Å²) < 4.78 is 6.27. The van der Waals surface area contributed by atoms with Crippen LogP contribution in [0.25, 0.3) is 0 Å². The first-order valence-electron chi connectivity index (χ1n) is 9.90. The Morgan fingerprint density at radius 1 is 1.04 bits per heavy atom. The molecule has 1 aromatic carbocycles. The minimum atomic E-state index is -0.245. The van der Waals surface area contributed by atoms with E-state index in [0.717, 1.165) is 31.5 Å². The van der Waals surface area contributed by atoms with Gasteiger partial charge in [-0.3, -0.25) is 4.79 Å². The number of likely N-dealkylation sites (tertiary alicyclic amines) is 1. The highest BCUT2D eigenvalue weighted by atomic mass is 16.5. The summed E-state index contributed by atoms with van der Waals surface area (Å²) >= 11 is 0. The monoisotopic (exact) mass is 344 g/mol. The lowest BCUT2D eigenvalue weighted by Crippen LogP contribution is -2.45. The zero-order valence-electron chi connectivity index (χ0n) is 15.4. The molecular weight excluding hydrogens is 312 g/mol. The Morgan fingerprint density at radius 2 is 1.64 bits per heavy atom. The average Bonchev–Trinajstić information content (AvgIpc) is 2.68. The van der Waals surface area contributed by atoms with Crippen molar-refractivity contribution in [3.8, 4) is 0 Å². The van der Waals surface area contributed by atoms with E-state index in [4.69, 9.17) is 10.5 Å². The number of carbonyl (C=O) groups is 1. The van der Waals surface area contributed by atoms with Gasteiger partial charge in [0.1, 0.15) is 0 Å². The number of ether oxygens (including phenoxy) is 1. The van der Waals surface area contributed by atoms with E-state index in [-0.39, 0.29) is 17.9 Å². The van der Waals surface area contributed by atoms with Gasteiger partial charge >= 0.3 is 0 Å². The van der Waals surface area contributed by atoms with Crippen LogP contribution in [-0.4, -0.2) is 36.1 Å². The zero-order valence-corrected chi connectivity index (χ0v) is 15.4. The number of hydrogen-bond donors (Lipinski definition) is 1. The lowest BCUT2D eigenvalue weighted by atomic mass is 9.93. The molecule has 0 bridgehead atoms. The number of hydrogen-bond acceptors (Lipinski definition) is 3. The van der Waals surface area contributed by atoms with Crippen molar-refractivity contribution in [3.63, 3.8) is 0 Å². The molecule has 1 aliphatic heterocycles. The Labute approximate surface area is 151 Å². The molecule has 3 rings (SSSR count). The maximum absolute atomic E-state index is 12.8. The van der Waals surface area contributed by atoms with E-state index in [0.29, 0.717) is 12.2 Å². The predicted molar refractivity (Wildman–Crippen MR) is 100 cm³/mol. The molecule has 1 aliphatic carbocycles. The van der Waals surface area contributed by atoms with Crippen molar-refractivity contribution in [1.29, 1.82) is 0 Å². The summed E-state index contributed by atoms with van der Waals surface area (Å²) in [6.07, 6.45) is 9.06. The molecule has 2 aliphatic rings. The van der Waals surface area contributed by atoms with E-state index in [1.165, 1.54) is 32.1 Å². The second kappa shape index (κ2) is 8.81. The molecule has 0 spiro atoms. The van der Waals surface area contributed by atoms with Crippen molar-refractivity contribution >= 4 is 5.91 Å². The summed E-state index contributed by atoms with van der Waals surface area (Å²) in [6.45, 7) is 3.54. The summed E-state index contributed by atoms with van der Waals surface area (Å²) in [5.74, 6) is -0.0225. The van der Waals surface area contributed by atoms with Crippen LogP contribution in [0.5, 0.6) is 0 Å². The molecule has 1 saturated heterocycles. The van der Waals surface area contributed by atoms with Gasteiger partial charge in [-0.05, 0) is 31.2 Å². The molecule has 138 valence electrons. The lowest BCUT2D eigenvalue weighted by Gasteiger charge is -2.36. The highest BCUT2D eigenvalue weighted by molar-refractivity contribution is 5.79. The molecular formula is C21H32N2O2. The number of piperidine rings is 1. The van der Waals surface area contributed by atoms with Gasteiger partial charge in [-0.15, -0.1) is 0 Å². The Morgan fingerprint density at radius 3 is 2.28 bits per heavy atom. The standard InChI is InChI=1S/C21H32N2O2/c1-16(20(22)17-8-4-2-5-9-17)21(24)23-14-12-19(13-15-23)25-18-10-6-3-7-11-18/h2,4-5,8-9,16,18-20H,3,6-7,10-15,22H2,1H3/t16-,20-/m1/s1. The molecule has 1 amide bonds. The Kier molecular flexibility index (Phi) is 6.49. The molecule has 0 unspecified atom stereocenters. The molecule has 0 radical (unpaired) electrons. The smallest absolute Gasteiger partial charge is 0.227 e. The van der Waals surface area contributed by atoms with Gasteiger partial charge in [0.15, 0.2) is 0 Å². The Bertz CT molecular complexity index is 534. The van der Waals surface area contributed by atoms with Crippen LogP contribution in [0.3, 0.4) is 0 Å². The second-order valence-electron chi connectivity index (χ2n) is 7.65. The predicted octanol–water partition coefficient (Wildman–Crippen LogP) is 3.66. The van der Waals surface area contributed by atoms with Gasteiger partial charge in [0.05, 0.1) is 18.1 Å². The summed E-state index contributed by atoms with van der Waals surface area (Å²) in [5.41, 5.74) is 7.35. The molecule has 4 nitrogen and oxygen atoms in total. The van der Waals surface area contributed by atoms with Crippen LogP contribution >= 0.6 is 0 Å². The SMILES string of the molecule is C[C@@H](C(=O)N1CCC(OC2CCCCC2)CC1)[C@@H](N)c1ccccc1. The van der Waals surface area contributed by atoms with E-state index in [1.807, 2.05) is 42.2 Å². The molecule has 1 saturated carbocycles. The zero-order chi connectivity index (χ0) is 17.6. The van der Waals surface area contributed by atoms with Crippen LogP contribution < -0.4 is 5.73 Å². The second-order valence-corrected chi connectivity index (χ2v) is 7.65. The van der Waals surface area contributed by atoms with Crippen LogP contribution in [-0.2, 0) is 9.53 Å². The number of rotatable bonds is 5. The summed E-state index contributed by atoms with van der Waals surface area (Å²) in [6, 6.07) is 9.67. The van der Waals surface area contributed by atoms with Crippen molar-refractivity contribution in [1.82, 2.24) is 4.90 Å². The fourth-order valence-corrected chi connectivity index (χ4v) is 4.09. The highest BCUT2D eigenvalue weighted by Gasteiger charge is 2.30. The lowest BCUT2D eigenvalue weighted by molar-refractivity contribution is -0.139. The normalized spacial score (nSPS) is 22.6. The molecule has 2 atom stereocenters. The van der Waals surface area contributed by atoms with Gasteiger partial charge < -0.3 is 15.4 Å². The molecule has 1 aromatic rings. The Balaban J connectivity index is 1.47. The minimum absolute atomic E-state index is 0.174. The third-order valence-corrected chi connectivity index (χ3v) is 5.80. The third-order valence-electron chi connectivity index (χ3n) is 5.80. The van der Waals surface area contributed by atoms with Gasteiger partial charge in [0.25, 0.3) is 0 Å². The average molecular weight is 344 g/mol. The van der Waals surface area contributed by atoms with Gasteiger partial charge in [-0.25, -0.2) is 0 Å². The van der Waals surface area contributed by atoms with E-state index in [1.54, 1.807) is 0 Å². The number of benzene rings is 1. The molecule has 2 N–H and O–H groups in total. The van der Waals surface area contributed by atoms with Crippen LogP contribution in [0, 0.1) is 5.92 Å². The number of nitrogens with zero attached hydrogens (tertiary/aromatic N) is 1. The number of carbonyl (C=O) groups excluding carboxylic acids is 1. The van der Waals surface area contributed by atoms with Gasteiger partial charge in [-0.2, -0.15) is 0 Å². The van der Waals surface area contributed by atoms with Crippen molar-refractivity contribution < 1.29 is 9.53 Å². The van der Waals surface area contributed by atoms with Crippen molar-refractivity contribution in [2.24, 2.45) is 11.7 Å². The summed E-state index contributed by atoms with van der Waals surface area (Å²) in [4.78, 5) is 14.8. The van der Waals surface area contributed by atoms with Crippen LogP contribution in [0.1, 0.15) is 63.5 Å². The maximum Gasteiger partial charge on any atom is 0.227 e. The van der Waals surface area contributed by atoms with E-state index >= 15 is 0 Å². The maximum atomic E-state index is 12.8. The Hall–Kier alpha value is -1.39. The summed E-state index contributed by atoms with van der Waals surface area (Å²) in [7, 11) is 0. The fourth-order valence-electron chi connectivity index (χ4n) is 4.09. The first kappa shape index (κ1) is 18.4. The largest absolute Gasteiger partial charge is 0.375 e. The van der Waals surface area contributed by atoms with Crippen molar-refractivity contribution in [3.05, 3.63) is 35.9 Å². The number of nitrogens with two attached hydrogens (primary N) is 1. The van der Waals surface area contributed by atoms with Gasteiger partial charge in [-0.1, -0.05) is 56.5 Å². The number of amides is 1. The van der Waals surface area contributed by atoms with Crippen LogP contribution in [0.4, 0.5) is 0 Å². The van der Waals surface area contributed by atoms with E-state index in [9.17, 15) is 4.79 Å². The van der Waals surface area contributed by atoms with Crippen LogP contribution in [0.2, 0.25) is 0 Å². The molecule has 0 aromatic heterocycles. The fraction of sp³-hybridized carbons (Fsp3) is 0.667. The van der Waals surface area contributed by atoms with Crippen molar-refractivity contribution in [2.45, 2.75) is 70.1 Å². The first-order valence-corrected chi connectivity index (χ1v) is 9.90. The molecule has 2 fully saturated rings. The van der Waals surface area contributed by atoms with E-state index < -0.39 is 0 Å². The minimum Gasteiger partial charge on any atom is -0.375 e. The molecule has 25 heavy (non-hydrogen) atoms. The van der Waals surface area contributed by atoms with E-state index in [2.05, 4.69) is 0 Å². The van der Waals surface area contributed by atoms with Gasteiger partial charge in [0, 0.05) is 19.1 Å². The van der Waals surface area contributed by atoms with Crippen LogP contribution in [0.15, 0.2) is 30.3 Å². The molecule has 4 heteroatoms. The summed E-state index contributed by atoms with van der Waals surface area (Å²) in [5, 5.41) is 0. The third kappa shape index (κ3) is 4.83. The molecule has 1 heterocycles. The quantitative estimate of drug-likeness (QED) is 0.887. The topological polar surface area (TPSA) is 55.6 Å². The highest BCUT2D eigenvalue weighted by Crippen LogP contribution is 2.26. The first-order chi connectivity index (χ1) is 12.1. The van der Waals surface area contributed by atoms with Crippen molar-refractivity contribution in [2.75, 3.05) is 13.1 Å².